The highest BCUT2D eigenvalue weighted by molar-refractivity contribution is 5.60. The van der Waals surface area contributed by atoms with Gasteiger partial charge in [-0.15, -0.1) is 0 Å². The highest BCUT2D eigenvalue weighted by atomic mass is 19.1. The minimum absolute atomic E-state index is 0.230. The Balaban J connectivity index is 1.70. The third-order valence-electron chi connectivity index (χ3n) is 3.74. The Labute approximate surface area is 144 Å². The molecule has 0 unspecified atom stereocenters. The largest absolute Gasteiger partial charge is 0.359 e. The Morgan fingerprint density at radius 1 is 1.04 bits per heavy atom. The van der Waals surface area contributed by atoms with Crippen LogP contribution >= 0.6 is 0 Å². The van der Waals surface area contributed by atoms with Crippen LogP contribution in [0, 0.1) is 11.6 Å². The van der Waals surface area contributed by atoms with Crippen molar-refractivity contribution in [1.29, 1.82) is 0 Å². The molecule has 0 amide bonds. The van der Waals surface area contributed by atoms with E-state index in [-0.39, 0.29) is 5.69 Å². The number of halogens is 2. The topological polar surface area (TPSA) is 53.9 Å². The number of rotatable bonds is 6. The normalized spacial score (nSPS) is 10.5. The summed E-state index contributed by atoms with van der Waals surface area (Å²) < 4.78 is 27.5. The summed E-state index contributed by atoms with van der Waals surface area (Å²) in [6.07, 6.45) is 5.70. The highest BCUT2D eigenvalue weighted by Gasteiger charge is 2.10. The second-order valence-electron chi connectivity index (χ2n) is 5.51. The molecule has 1 aromatic carbocycles. The predicted octanol–water partition coefficient (Wildman–Crippen LogP) is 3.57. The Kier molecular flexibility index (Phi) is 5.13. The van der Waals surface area contributed by atoms with Crippen LogP contribution in [0.15, 0.2) is 55.1 Å². The molecule has 0 aliphatic rings. The summed E-state index contributed by atoms with van der Waals surface area (Å²) in [6.45, 7) is 0.731. The van der Waals surface area contributed by atoms with Crippen molar-refractivity contribution in [3.63, 3.8) is 0 Å². The number of nitrogens with one attached hydrogen (secondary N) is 1. The predicted molar refractivity (Wildman–Crippen MR) is 92.9 cm³/mol. The van der Waals surface area contributed by atoms with Crippen molar-refractivity contribution in [2.24, 2.45) is 0 Å². The van der Waals surface area contributed by atoms with Crippen LogP contribution in [0.25, 0.3) is 0 Å². The van der Waals surface area contributed by atoms with Crippen molar-refractivity contribution in [2.75, 3.05) is 23.8 Å². The maximum absolute atomic E-state index is 13.7. The van der Waals surface area contributed by atoms with Gasteiger partial charge in [-0.25, -0.2) is 18.7 Å². The lowest BCUT2D eigenvalue weighted by Crippen LogP contribution is -2.21. The van der Waals surface area contributed by atoms with Crippen LogP contribution in [-0.4, -0.2) is 28.5 Å². The number of aromatic nitrogens is 3. The molecule has 7 heteroatoms. The van der Waals surface area contributed by atoms with Crippen LogP contribution in [0.1, 0.15) is 5.56 Å². The van der Waals surface area contributed by atoms with Crippen LogP contribution in [0.5, 0.6) is 0 Å². The number of pyridine rings is 1. The maximum Gasteiger partial charge on any atom is 0.149 e. The van der Waals surface area contributed by atoms with Crippen LogP contribution in [0.4, 0.5) is 26.1 Å². The lowest BCUT2D eigenvalue weighted by molar-refractivity contribution is 0.590. The number of hydrogen-bond acceptors (Lipinski definition) is 5. The Bertz CT molecular complexity index is 822. The molecule has 3 aromatic rings. The van der Waals surface area contributed by atoms with Gasteiger partial charge in [-0.3, -0.25) is 4.98 Å². The van der Waals surface area contributed by atoms with Gasteiger partial charge in [-0.05, 0) is 36.2 Å². The molecule has 5 nitrogen and oxygen atoms in total. The zero-order valence-corrected chi connectivity index (χ0v) is 13.7. The molecule has 25 heavy (non-hydrogen) atoms. The van der Waals surface area contributed by atoms with Gasteiger partial charge in [-0.1, -0.05) is 6.07 Å². The van der Waals surface area contributed by atoms with Crippen molar-refractivity contribution < 1.29 is 8.78 Å². The first kappa shape index (κ1) is 16.8. The molecular weight excluding hydrogens is 324 g/mol. The van der Waals surface area contributed by atoms with Crippen LogP contribution in [-0.2, 0) is 6.42 Å². The minimum Gasteiger partial charge on any atom is -0.359 e. The number of benzene rings is 1. The highest BCUT2D eigenvalue weighted by Crippen LogP contribution is 2.23. The fraction of sp³-hybridized carbons (Fsp3) is 0.167. The molecule has 0 aliphatic heterocycles. The summed E-state index contributed by atoms with van der Waals surface area (Å²) in [5.41, 5.74) is 0.939. The Morgan fingerprint density at radius 3 is 2.48 bits per heavy atom. The van der Waals surface area contributed by atoms with Gasteiger partial charge in [0.15, 0.2) is 0 Å². The van der Waals surface area contributed by atoms with E-state index in [0.29, 0.717) is 11.6 Å². The molecule has 2 heterocycles. The second-order valence-corrected chi connectivity index (χ2v) is 5.51. The molecule has 0 radical (unpaired) electrons. The Hall–Kier alpha value is -3.09. The number of para-hydroxylation sites is 1. The molecule has 2 aromatic heterocycles. The first-order chi connectivity index (χ1) is 12.1. The van der Waals surface area contributed by atoms with E-state index in [1.54, 1.807) is 18.5 Å². The average molecular weight is 341 g/mol. The molecule has 0 spiro atoms. The maximum atomic E-state index is 13.7. The van der Waals surface area contributed by atoms with Gasteiger partial charge >= 0.3 is 0 Å². The van der Waals surface area contributed by atoms with Crippen molar-refractivity contribution in [1.82, 2.24) is 15.0 Å². The lowest BCUT2D eigenvalue weighted by Gasteiger charge is -2.18. The van der Waals surface area contributed by atoms with Crippen molar-refractivity contribution in [3.8, 4) is 0 Å². The number of nitrogens with zero attached hydrogens (tertiary/aromatic N) is 4. The molecule has 1 N–H and O–H groups in total. The zero-order valence-electron chi connectivity index (χ0n) is 13.7. The summed E-state index contributed by atoms with van der Waals surface area (Å²) in [5.74, 6) is -0.370. The van der Waals surface area contributed by atoms with Gasteiger partial charge in [-0.2, -0.15) is 0 Å². The standard InChI is InChI=1S/C18H17F2N5/c1-25(10-7-13-5-8-21-9-6-13)17-11-16(22-12-23-17)24-18-14(19)3-2-4-15(18)20/h2-6,8-9,11-12H,7,10H2,1H3,(H,22,23,24). The van der Waals surface area contributed by atoms with Gasteiger partial charge < -0.3 is 10.2 Å². The SMILES string of the molecule is CN(CCc1ccncc1)c1cc(Nc2c(F)cccc2F)ncn1. The van der Waals surface area contributed by atoms with Crippen molar-refractivity contribution >= 4 is 17.3 Å². The third kappa shape index (κ3) is 4.26. The molecule has 0 fully saturated rings. The monoisotopic (exact) mass is 341 g/mol. The van der Waals surface area contributed by atoms with Gasteiger partial charge in [0.05, 0.1) is 0 Å². The molecule has 0 bridgehead atoms. The summed E-state index contributed by atoms with van der Waals surface area (Å²) in [4.78, 5) is 14.2. The summed E-state index contributed by atoms with van der Waals surface area (Å²) in [7, 11) is 1.90. The second kappa shape index (κ2) is 7.65. The van der Waals surface area contributed by atoms with Gasteiger partial charge in [0, 0.05) is 32.1 Å². The van der Waals surface area contributed by atoms with E-state index < -0.39 is 11.6 Å². The molecule has 0 aliphatic carbocycles. The molecule has 3 rings (SSSR count). The van der Waals surface area contributed by atoms with E-state index in [2.05, 4.69) is 20.3 Å². The summed E-state index contributed by atoms with van der Waals surface area (Å²) in [5, 5.41) is 2.67. The van der Waals surface area contributed by atoms with Crippen molar-refractivity contribution in [2.45, 2.75) is 6.42 Å². The van der Waals surface area contributed by atoms with E-state index in [9.17, 15) is 8.78 Å². The van der Waals surface area contributed by atoms with Crippen LogP contribution in [0.3, 0.4) is 0 Å². The number of anilines is 3. The first-order valence-corrected chi connectivity index (χ1v) is 7.76. The molecule has 0 saturated heterocycles. The van der Waals surface area contributed by atoms with Crippen molar-refractivity contribution in [3.05, 3.63) is 72.3 Å². The fourth-order valence-corrected chi connectivity index (χ4v) is 2.33. The average Bonchev–Trinajstić information content (AvgIpc) is 2.64. The van der Waals surface area contributed by atoms with E-state index in [1.807, 2.05) is 24.1 Å². The quantitative estimate of drug-likeness (QED) is 0.743. The van der Waals surface area contributed by atoms with Gasteiger partial charge in [0.1, 0.15) is 35.3 Å². The van der Waals surface area contributed by atoms with Gasteiger partial charge in [0.25, 0.3) is 0 Å². The van der Waals surface area contributed by atoms with Crippen LogP contribution in [0.2, 0.25) is 0 Å². The van der Waals surface area contributed by atoms with E-state index in [4.69, 9.17) is 0 Å². The minimum atomic E-state index is -0.675. The van der Waals surface area contributed by atoms with Crippen LogP contribution < -0.4 is 10.2 Å². The zero-order chi connectivity index (χ0) is 17.6. The lowest BCUT2D eigenvalue weighted by atomic mass is 10.2. The van der Waals surface area contributed by atoms with E-state index >= 15 is 0 Å². The fourth-order valence-electron chi connectivity index (χ4n) is 2.33. The van der Waals surface area contributed by atoms with E-state index in [0.717, 1.165) is 13.0 Å². The third-order valence-corrected chi connectivity index (χ3v) is 3.74. The molecular formula is C18H17F2N5. The number of likely N-dealkylation sites (N-methyl/N-ethyl adjacent to an activating group) is 1. The summed E-state index contributed by atoms with van der Waals surface area (Å²) in [6, 6.07) is 9.26. The summed E-state index contributed by atoms with van der Waals surface area (Å²) >= 11 is 0. The van der Waals surface area contributed by atoms with Gasteiger partial charge in [0.2, 0.25) is 0 Å². The molecule has 0 atom stereocenters. The molecule has 0 saturated carbocycles. The molecule has 128 valence electrons. The smallest absolute Gasteiger partial charge is 0.149 e. The Morgan fingerprint density at radius 2 is 1.76 bits per heavy atom. The number of hydrogen-bond donors (Lipinski definition) is 1. The van der Waals surface area contributed by atoms with E-state index in [1.165, 1.54) is 30.1 Å². The first-order valence-electron chi connectivity index (χ1n) is 7.76.